The summed E-state index contributed by atoms with van der Waals surface area (Å²) in [5, 5.41) is 24.9. The standard InChI is InChI=1S/C13H18N2O4S/c16-6-4-10(12(17)18)15-13(19)14-9-2-1-3-11-8(9)5-7-20-11/h5,7,9-10,16H,1-4,6H2,(H,17,18)(H2,14,15,19)/t9?,10-/m1/s1. The monoisotopic (exact) mass is 298 g/mol. The Morgan fingerprint density at radius 3 is 3.00 bits per heavy atom. The highest BCUT2D eigenvalue weighted by Crippen LogP contribution is 2.33. The number of carboxylic acid groups (broad SMARTS) is 1. The van der Waals surface area contributed by atoms with Crippen molar-refractivity contribution in [3.8, 4) is 0 Å². The number of aryl methyl sites for hydroxylation is 1. The number of fused-ring (bicyclic) bond motifs is 1. The number of aliphatic hydroxyl groups excluding tert-OH is 1. The van der Waals surface area contributed by atoms with Crippen LogP contribution < -0.4 is 10.6 Å². The predicted octanol–water partition coefficient (Wildman–Crippen LogP) is 1.26. The lowest BCUT2D eigenvalue weighted by atomic mass is 9.94. The van der Waals surface area contributed by atoms with Crippen molar-refractivity contribution in [2.75, 3.05) is 6.61 Å². The molecule has 2 atom stereocenters. The van der Waals surface area contributed by atoms with Crippen molar-refractivity contribution in [3.05, 3.63) is 21.9 Å². The van der Waals surface area contributed by atoms with Crippen molar-refractivity contribution in [2.45, 2.75) is 37.8 Å². The summed E-state index contributed by atoms with van der Waals surface area (Å²) in [5.74, 6) is -1.14. The average molecular weight is 298 g/mol. The van der Waals surface area contributed by atoms with E-state index < -0.39 is 18.0 Å². The van der Waals surface area contributed by atoms with Crippen LogP contribution in [0.1, 0.15) is 35.7 Å². The van der Waals surface area contributed by atoms with Gasteiger partial charge in [0.15, 0.2) is 0 Å². The number of aliphatic carboxylic acids is 1. The lowest BCUT2D eigenvalue weighted by Crippen LogP contribution is -2.47. The van der Waals surface area contributed by atoms with E-state index in [9.17, 15) is 9.59 Å². The molecule has 1 heterocycles. The Kier molecular flexibility index (Phi) is 4.97. The molecule has 0 aromatic carbocycles. The number of carbonyl (C=O) groups excluding carboxylic acids is 1. The highest BCUT2D eigenvalue weighted by atomic mass is 32.1. The smallest absolute Gasteiger partial charge is 0.326 e. The third-order valence-electron chi connectivity index (χ3n) is 3.38. The Labute approximate surface area is 120 Å². The summed E-state index contributed by atoms with van der Waals surface area (Å²) in [7, 11) is 0. The Balaban J connectivity index is 1.94. The van der Waals surface area contributed by atoms with Gasteiger partial charge in [-0.25, -0.2) is 9.59 Å². The number of hydrogen-bond donors (Lipinski definition) is 4. The van der Waals surface area contributed by atoms with Gasteiger partial charge in [0.25, 0.3) is 0 Å². The van der Waals surface area contributed by atoms with E-state index in [0.29, 0.717) is 0 Å². The van der Waals surface area contributed by atoms with E-state index in [2.05, 4.69) is 10.6 Å². The molecule has 1 aliphatic carbocycles. The molecule has 0 aliphatic heterocycles. The van der Waals surface area contributed by atoms with Crippen LogP contribution in [0.2, 0.25) is 0 Å². The number of aliphatic hydroxyl groups is 1. The topological polar surface area (TPSA) is 98.7 Å². The minimum absolute atomic E-state index is 0.00286. The van der Waals surface area contributed by atoms with Crippen molar-refractivity contribution in [2.24, 2.45) is 0 Å². The Hall–Kier alpha value is -1.60. The highest BCUT2D eigenvalue weighted by molar-refractivity contribution is 7.10. The second-order valence-electron chi connectivity index (χ2n) is 4.76. The molecule has 7 heteroatoms. The van der Waals surface area contributed by atoms with Gasteiger partial charge in [-0.3, -0.25) is 0 Å². The SMILES string of the molecule is O=C(NC1CCCc2sccc21)N[C@H](CCO)C(=O)O. The Bertz CT molecular complexity index is 488. The van der Waals surface area contributed by atoms with E-state index >= 15 is 0 Å². The van der Waals surface area contributed by atoms with Gasteiger partial charge in [0.2, 0.25) is 0 Å². The molecule has 20 heavy (non-hydrogen) atoms. The highest BCUT2D eigenvalue weighted by Gasteiger charge is 2.25. The molecule has 6 nitrogen and oxygen atoms in total. The second kappa shape index (κ2) is 6.71. The molecule has 110 valence electrons. The first-order chi connectivity index (χ1) is 9.61. The molecule has 2 rings (SSSR count). The fraction of sp³-hybridized carbons (Fsp3) is 0.538. The number of rotatable bonds is 5. The van der Waals surface area contributed by atoms with E-state index in [4.69, 9.17) is 10.2 Å². The Morgan fingerprint density at radius 2 is 2.30 bits per heavy atom. The number of carboxylic acids is 1. The number of amides is 2. The van der Waals surface area contributed by atoms with Crippen LogP contribution in [0, 0.1) is 0 Å². The summed E-state index contributed by atoms with van der Waals surface area (Å²) in [4.78, 5) is 24.1. The molecule has 1 aliphatic rings. The van der Waals surface area contributed by atoms with Crippen molar-refractivity contribution < 1.29 is 19.8 Å². The fourth-order valence-corrected chi connectivity index (χ4v) is 3.37. The number of hydrogen-bond acceptors (Lipinski definition) is 4. The minimum atomic E-state index is -1.14. The number of carbonyl (C=O) groups is 2. The number of thiophene rings is 1. The number of urea groups is 1. The van der Waals surface area contributed by atoms with E-state index in [-0.39, 0.29) is 19.1 Å². The lowest BCUT2D eigenvalue weighted by Gasteiger charge is -2.24. The molecule has 1 aromatic rings. The summed E-state index contributed by atoms with van der Waals surface area (Å²) in [6.45, 7) is -0.282. The lowest BCUT2D eigenvalue weighted by molar-refractivity contribution is -0.139. The maximum absolute atomic E-state index is 11.9. The van der Waals surface area contributed by atoms with Gasteiger partial charge in [0.1, 0.15) is 6.04 Å². The summed E-state index contributed by atoms with van der Waals surface area (Å²) in [6.07, 6.45) is 2.90. The van der Waals surface area contributed by atoms with E-state index in [1.807, 2.05) is 11.4 Å². The average Bonchev–Trinajstić information content (AvgIpc) is 2.87. The summed E-state index contributed by atoms with van der Waals surface area (Å²) >= 11 is 1.68. The summed E-state index contributed by atoms with van der Waals surface area (Å²) in [6, 6.07) is 0.376. The van der Waals surface area contributed by atoms with E-state index in [1.54, 1.807) is 11.3 Å². The van der Waals surface area contributed by atoms with Crippen LogP contribution in [-0.2, 0) is 11.2 Å². The molecule has 0 bridgehead atoms. The zero-order chi connectivity index (χ0) is 14.5. The third-order valence-corrected chi connectivity index (χ3v) is 4.37. The van der Waals surface area contributed by atoms with Crippen LogP contribution in [0.3, 0.4) is 0 Å². The third kappa shape index (κ3) is 3.49. The van der Waals surface area contributed by atoms with Crippen LogP contribution in [0.15, 0.2) is 11.4 Å². The first-order valence-electron chi connectivity index (χ1n) is 6.58. The first kappa shape index (κ1) is 14.8. The van der Waals surface area contributed by atoms with Gasteiger partial charge < -0.3 is 20.8 Å². The molecule has 2 amide bonds. The molecular weight excluding hydrogens is 280 g/mol. The predicted molar refractivity (Wildman–Crippen MR) is 74.8 cm³/mol. The zero-order valence-corrected chi connectivity index (χ0v) is 11.8. The molecule has 0 saturated carbocycles. The van der Waals surface area contributed by atoms with Crippen LogP contribution in [0.4, 0.5) is 4.79 Å². The van der Waals surface area contributed by atoms with Gasteiger partial charge in [-0.1, -0.05) is 0 Å². The Morgan fingerprint density at radius 1 is 1.50 bits per heavy atom. The van der Waals surface area contributed by atoms with Gasteiger partial charge in [0, 0.05) is 17.9 Å². The first-order valence-corrected chi connectivity index (χ1v) is 7.46. The number of nitrogens with one attached hydrogen (secondary N) is 2. The van der Waals surface area contributed by atoms with Crippen molar-refractivity contribution in [3.63, 3.8) is 0 Å². The molecule has 4 N–H and O–H groups in total. The van der Waals surface area contributed by atoms with Crippen LogP contribution in [0.25, 0.3) is 0 Å². The molecule has 0 fully saturated rings. The summed E-state index contributed by atoms with van der Waals surface area (Å²) in [5.41, 5.74) is 1.13. The fourth-order valence-electron chi connectivity index (χ4n) is 2.38. The van der Waals surface area contributed by atoms with Gasteiger partial charge in [0.05, 0.1) is 6.04 Å². The van der Waals surface area contributed by atoms with Gasteiger partial charge in [-0.05, 0) is 36.3 Å². The van der Waals surface area contributed by atoms with Crippen molar-refractivity contribution in [1.82, 2.24) is 10.6 Å². The van der Waals surface area contributed by atoms with E-state index in [0.717, 1.165) is 24.8 Å². The van der Waals surface area contributed by atoms with Gasteiger partial charge in [-0.15, -0.1) is 11.3 Å². The van der Waals surface area contributed by atoms with Crippen LogP contribution in [0.5, 0.6) is 0 Å². The van der Waals surface area contributed by atoms with Crippen LogP contribution in [-0.4, -0.2) is 34.9 Å². The molecule has 1 unspecified atom stereocenters. The molecule has 0 spiro atoms. The molecule has 0 saturated heterocycles. The van der Waals surface area contributed by atoms with Crippen molar-refractivity contribution >= 4 is 23.3 Å². The maximum atomic E-state index is 11.9. The summed E-state index contributed by atoms with van der Waals surface area (Å²) < 4.78 is 0. The zero-order valence-electron chi connectivity index (χ0n) is 11.0. The normalized spacial score (nSPS) is 18.9. The van der Waals surface area contributed by atoms with Gasteiger partial charge >= 0.3 is 12.0 Å². The van der Waals surface area contributed by atoms with Gasteiger partial charge in [-0.2, -0.15) is 0 Å². The largest absolute Gasteiger partial charge is 0.480 e. The quantitative estimate of drug-likeness (QED) is 0.657. The molecule has 0 radical (unpaired) electrons. The molecular formula is C13H18N2O4S. The second-order valence-corrected chi connectivity index (χ2v) is 5.77. The maximum Gasteiger partial charge on any atom is 0.326 e. The van der Waals surface area contributed by atoms with Crippen LogP contribution >= 0.6 is 11.3 Å². The van der Waals surface area contributed by atoms with E-state index in [1.165, 1.54) is 4.88 Å². The minimum Gasteiger partial charge on any atom is -0.480 e. The molecule has 1 aromatic heterocycles. The van der Waals surface area contributed by atoms with Crippen molar-refractivity contribution in [1.29, 1.82) is 0 Å².